The lowest BCUT2D eigenvalue weighted by Gasteiger charge is -2.39. The van der Waals surface area contributed by atoms with Gasteiger partial charge in [0, 0.05) is 0 Å². The molecule has 1 aliphatic carbocycles. The van der Waals surface area contributed by atoms with Gasteiger partial charge in [-0.15, -0.1) is 0 Å². The number of hydrogen-bond donors (Lipinski definition) is 0. The molecule has 0 aromatic heterocycles. The largest absolute Gasteiger partial charge is 0.306 e. The van der Waals surface area contributed by atoms with Gasteiger partial charge in [-0.25, -0.2) is 0 Å². The van der Waals surface area contributed by atoms with Crippen LogP contribution in [-0.2, 0) is 6.42 Å². The molecule has 0 bridgehead atoms. The average molecular weight is 257 g/mol. The van der Waals surface area contributed by atoms with E-state index in [1.165, 1.54) is 51.6 Å². The molecule has 1 aromatic carbocycles. The lowest BCUT2D eigenvalue weighted by Crippen LogP contribution is -2.32. The second kappa shape index (κ2) is 5.28. The predicted molar refractivity (Wildman–Crippen MR) is 81.6 cm³/mol. The Morgan fingerprint density at radius 1 is 1.11 bits per heavy atom. The lowest BCUT2D eigenvalue weighted by atomic mass is 9.68. The van der Waals surface area contributed by atoms with E-state index in [0.717, 1.165) is 5.92 Å². The van der Waals surface area contributed by atoms with Gasteiger partial charge in [-0.2, -0.15) is 0 Å². The van der Waals surface area contributed by atoms with Gasteiger partial charge < -0.3 is 4.90 Å². The third-order valence-corrected chi connectivity index (χ3v) is 5.55. The summed E-state index contributed by atoms with van der Waals surface area (Å²) in [6, 6.07) is 9.17. The Labute approximate surface area is 118 Å². The molecule has 0 radical (unpaired) electrons. The zero-order valence-corrected chi connectivity index (χ0v) is 12.5. The first-order valence-corrected chi connectivity index (χ1v) is 7.95. The summed E-state index contributed by atoms with van der Waals surface area (Å²) in [6.45, 7) is 5.12. The quantitative estimate of drug-likeness (QED) is 0.728. The first-order valence-electron chi connectivity index (χ1n) is 7.95. The number of likely N-dealkylation sites (tertiary alicyclic amines) is 1. The van der Waals surface area contributed by atoms with Gasteiger partial charge in [0.25, 0.3) is 0 Å². The summed E-state index contributed by atoms with van der Waals surface area (Å²) in [5, 5.41) is 0. The van der Waals surface area contributed by atoms with Gasteiger partial charge in [-0.1, -0.05) is 31.2 Å². The molecule has 1 heteroatoms. The summed E-state index contributed by atoms with van der Waals surface area (Å²) in [4.78, 5) is 2.50. The van der Waals surface area contributed by atoms with Crippen molar-refractivity contribution in [3.05, 3.63) is 35.4 Å². The van der Waals surface area contributed by atoms with Crippen LogP contribution in [0.3, 0.4) is 0 Å². The van der Waals surface area contributed by atoms with Crippen molar-refractivity contribution in [1.82, 2.24) is 4.90 Å². The molecular formula is C18H27N. The maximum Gasteiger partial charge on any atom is -0.00216 e. The Kier molecular flexibility index (Phi) is 3.66. The molecule has 1 nitrogen and oxygen atoms in total. The molecule has 1 unspecified atom stereocenters. The van der Waals surface area contributed by atoms with Crippen molar-refractivity contribution in [2.45, 2.75) is 51.4 Å². The molecule has 104 valence electrons. The number of nitrogens with zero attached hydrogens (tertiary/aromatic N) is 1. The smallest absolute Gasteiger partial charge is 0.00216 e. The summed E-state index contributed by atoms with van der Waals surface area (Å²) in [5.74, 6) is 0.812. The molecule has 1 atom stereocenters. The summed E-state index contributed by atoms with van der Waals surface area (Å²) < 4.78 is 0. The Morgan fingerprint density at radius 3 is 2.53 bits per heavy atom. The highest BCUT2D eigenvalue weighted by molar-refractivity contribution is 5.36. The predicted octanol–water partition coefficient (Wildman–Crippen LogP) is 4.23. The maximum atomic E-state index is 2.56. The van der Waals surface area contributed by atoms with Gasteiger partial charge in [0.2, 0.25) is 0 Å². The van der Waals surface area contributed by atoms with E-state index < -0.39 is 0 Å². The van der Waals surface area contributed by atoms with Crippen molar-refractivity contribution in [2.24, 2.45) is 5.41 Å². The van der Waals surface area contributed by atoms with Gasteiger partial charge in [-0.3, -0.25) is 0 Å². The van der Waals surface area contributed by atoms with E-state index in [1.807, 2.05) is 0 Å². The fourth-order valence-electron chi connectivity index (χ4n) is 4.37. The SMILES string of the molecule is CN1CCCC(C)(C2CCc3ccccc32)CCC1. The highest BCUT2D eigenvalue weighted by Crippen LogP contribution is 2.50. The van der Waals surface area contributed by atoms with E-state index in [2.05, 4.69) is 43.1 Å². The summed E-state index contributed by atoms with van der Waals surface area (Å²) in [5.41, 5.74) is 3.82. The Bertz CT molecular complexity index is 427. The number of fused-ring (bicyclic) bond motifs is 1. The van der Waals surface area contributed by atoms with Crippen molar-refractivity contribution in [2.75, 3.05) is 20.1 Å². The van der Waals surface area contributed by atoms with Crippen LogP contribution in [0.5, 0.6) is 0 Å². The fraction of sp³-hybridized carbons (Fsp3) is 0.667. The van der Waals surface area contributed by atoms with Crippen LogP contribution in [0.4, 0.5) is 0 Å². The second-order valence-corrected chi connectivity index (χ2v) is 6.95. The number of aryl methyl sites for hydroxylation is 1. The minimum atomic E-state index is 0.536. The van der Waals surface area contributed by atoms with E-state index in [9.17, 15) is 0 Å². The van der Waals surface area contributed by atoms with Crippen molar-refractivity contribution in [3.8, 4) is 0 Å². The highest BCUT2D eigenvalue weighted by Gasteiger charge is 2.38. The third-order valence-electron chi connectivity index (χ3n) is 5.55. The van der Waals surface area contributed by atoms with Crippen molar-refractivity contribution in [1.29, 1.82) is 0 Å². The van der Waals surface area contributed by atoms with Crippen LogP contribution in [0.2, 0.25) is 0 Å². The Morgan fingerprint density at radius 2 is 1.79 bits per heavy atom. The van der Waals surface area contributed by atoms with Crippen LogP contribution in [0, 0.1) is 5.41 Å². The van der Waals surface area contributed by atoms with E-state index >= 15 is 0 Å². The molecule has 1 fully saturated rings. The van der Waals surface area contributed by atoms with Crippen molar-refractivity contribution < 1.29 is 0 Å². The first-order chi connectivity index (χ1) is 9.19. The number of hydrogen-bond acceptors (Lipinski definition) is 1. The van der Waals surface area contributed by atoms with Gasteiger partial charge >= 0.3 is 0 Å². The van der Waals surface area contributed by atoms with Crippen molar-refractivity contribution >= 4 is 0 Å². The lowest BCUT2D eigenvalue weighted by molar-refractivity contribution is 0.156. The standard InChI is InChI=1S/C18H27N/c1-18(11-5-13-19(2)14-6-12-18)17-10-9-15-7-3-4-8-16(15)17/h3-4,7-8,17H,5-6,9-14H2,1-2H3. The molecule has 1 aliphatic heterocycles. The summed E-state index contributed by atoms with van der Waals surface area (Å²) in [6.07, 6.45) is 8.21. The minimum absolute atomic E-state index is 0.536. The molecule has 3 rings (SSSR count). The normalized spacial score (nSPS) is 27.6. The van der Waals surface area contributed by atoms with Gasteiger partial charge in [0.15, 0.2) is 0 Å². The zero-order valence-electron chi connectivity index (χ0n) is 12.5. The summed E-state index contributed by atoms with van der Waals surface area (Å²) in [7, 11) is 2.27. The number of rotatable bonds is 1. The minimum Gasteiger partial charge on any atom is -0.306 e. The fourth-order valence-corrected chi connectivity index (χ4v) is 4.37. The van der Waals surface area contributed by atoms with Gasteiger partial charge in [0.1, 0.15) is 0 Å². The first kappa shape index (κ1) is 13.2. The molecular weight excluding hydrogens is 230 g/mol. The molecule has 1 saturated heterocycles. The van der Waals surface area contributed by atoms with Crippen LogP contribution in [0.1, 0.15) is 56.1 Å². The molecule has 2 aliphatic rings. The molecule has 1 heterocycles. The number of benzene rings is 1. The molecule has 0 spiro atoms. The van der Waals surface area contributed by atoms with Gasteiger partial charge in [0.05, 0.1) is 0 Å². The molecule has 1 aromatic rings. The zero-order chi connectivity index (χ0) is 13.3. The van der Waals surface area contributed by atoms with E-state index in [1.54, 1.807) is 11.1 Å². The van der Waals surface area contributed by atoms with Crippen LogP contribution in [0.25, 0.3) is 0 Å². The molecule has 0 N–H and O–H groups in total. The highest BCUT2D eigenvalue weighted by atomic mass is 15.1. The van der Waals surface area contributed by atoms with E-state index in [4.69, 9.17) is 0 Å². The Hall–Kier alpha value is -0.820. The molecule has 0 saturated carbocycles. The topological polar surface area (TPSA) is 3.24 Å². The van der Waals surface area contributed by atoms with Crippen molar-refractivity contribution in [3.63, 3.8) is 0 Å². The average Bonchev–Trinajstić information content (AvgIpc) is 2.81. The van der Waals surface area contributed by atoms with Crippen LogP contribution in [0.15, 0.2) is 24.3 Å². The monoisotopic (exact) mass is 257 g/mol. The van der Waals surface area contributed by atoms with E-state index in [0.29, 0.717) is 5.41 Å². The summed E-state index contributed by atoms with van der Waals surface area (Å²) >= 11 is 0. The molecule has 0 amide bonds. The Balaban J connectivity index is 1.81. The van der Waals surface area contributed by atoms with Crippen LogP contribution in [-0.4, -0.2) is 25.0 Å². The van der Waals surface area contributed by atoms with Gasteiger partial charge in [-0.05, 0) is 81.1 Å². The van der Waals surface area contributed by atoms with Crippen LogP contribution < -0.4 is 0 Å². The second-order valence-electron chi connectivity index (χ2n) is 6.95. The van der Waals surface area contributed by atoms with Crippen LogP contribution >= 0.6 is 0 Å². The third kappa shape index (κ3) is 2.58. The van der Waals surface area contributed by atoms with E-state index in [-0.39, 0.29) is 0 Å². The molecule has 19 heavy (non-hydrogen) atoms. The maximum absolute atomic E-state index is 2.56.